The fraction of sp³-hybridized carbons (Fsp3) is 0.200. The van der Waals surface area contributed by atoms with Crippen LogP contribution in [0.3, 0.4) is 0 Å². The number of nitro groups is 1. The van der Waals surface area contributed by atoms with E-state index in [0.29, 0.717) is 35.9 Å². The molecule has 0 saturated heterocycles. The summed E-state index contributed by atoms with van der Waals surface area (Å²) in [5.41, 5.74) is 0.785. The van der Waals surface area contributed by atoms with Crippen LogP contribution in [0.2, 0.25) is 0 Å². The zero-order valence-electron chi connectivity index (χ0n) is 15.4. The average molecular weight is 394 g/mol. The number of nitrogens with zero attached hydrogens (tertiary/aromatic N) is 3. The summed E-state index contributed by atoms with van der Waals surface area (Å²) in [6.45, 7) is 0.852. The summed E-state index contributed by atoms with van der Waals surface area (Å²) in [5, 5.41) is 18.0. The second kappa shape index (κ2) is 8.01. The molecule has 1 aromatic heterocycles. The number of carbonyl (C=O) groups excluding carboxylic acids is 1. The second-order valence-electron chi connectivity index (χ2n) is 6.56. The summed E-state index contributed by atoms with van der Waals surface area (Å²) < 4.78 is 13.2. The first-order valence-corrected chi connectivity index (χ1v) is 9.01. The van der Waals surface area contributed by atoms with Crippen LogP contribution in [0.1, 0.15) is 5.56 Å². The number of benzene rings is 2. The van der Waals surface area contributed by atoms with Crippen LogP contribution in [-0.2, 0) is 17.8 Å². The SMILES string of the molecule is O=C(Cc1ccccc1[N+](=O)[O-])Nc1cnn(CC2COc3ccccc3O2)c1. The molecule has 0 aliphatic carbocycles. The third-order valence-electron chi connectivity index (χ3n) is 4.41. The third-order valence-corrected chi connectivity index (χ3v) is 4.41. The predicted octanol–water partition coefficient (Wildman–Crippen LogP) is 2.81. The molecular weight excluding hydrogens is 376 g/mol. The van der Waals surface area contributed by atoms with Crippen molar-refractivity contribution in [3.8, 4) is 11.5 Å². The fourth-order valence-corrected chi connectivity index (χ4v) is 3.11. The number of hydrogen-bond donors (Lipinski definition) is 1. The number of anilines is 1. The van der Waals surface area contributed by atoms with Crippen LogP contribution in [-0.4, -0.2) is 33.3 Å². The van der Waals surface area contributed by atoms with Crippen molar-refractivity contribution in [3.05, 3.63) is 76.6 Å². The molecule has 1 unspecified atom stereocenters. The number of amides is 1. The van der Waals surface area contributed by atoms with E-state index in [2.05, 4.69) is 10.4 Å². The van der Waals surface area contributed by atoms with Crippen molar-refractivity contribution >= 4 is 17.3 Å². The Balaban J connectivity index is 1.35. The number of carbonyl (C=O) groups is 1. The lowest BCUT2D eigenvalue weighted by Crippen LogP contribution is -2.33. The van der Waals surface area contributed by atoms with E-state index in [1.54, 1.807) is 29.1 Å². The first kappa shape index (κ1) is 18.5. The molecule has 0 radical (unpaired) electrons. The number of ether oxygens (including phenoxy) is 2. The van der Waals surface area contributed by atoms with Crippen molar-refractivity contribution in [1.29, 1.82) is 0 Å². The van der Waals surface area contributed by atoms with E-state index >= 15 is 0 Å². The Morgan fingerprint density at radius 2 is 1.97 bits per heavy atom. The summed E-state index contributed by atoms with van der Waals surface area (Å²) in [6, 6.07) is 13.6. The minimum atomic E-state index is -0.495. The second-order valence-corrected chi connectivity index (χ2v) is 6.56. The molecule has 1 N–H and O–H groups in total. The smallest absolute Gasteiger partial charge is 0.273 e. The number of nitrogens with one attached hydrogen (secondary N) is 1. The molecule has 148 valence electrons. The van der Waals surface area contributed by atoms with Gasteiger partial charge in [0.15, 0.2) is 17.6 Å². The van der Waals surface area contributed by atoms with Gasteiger partial charge < -0.3 is 14.8 Å². The van der Waals surface area contributed by atoms with Gasteiger partial charge in [-0.25, -0.2) is 0 Å². The van der Waals surface area contributed by atoms with E-state index in [9.17, 15) is 14.9 Å². The first-order valence-electron chi connectivity index (χ1n) is 9.01. The maximum absolute atomic E-state index is 12.3. The lowest BCUT2D eigenvalue weighted by atomic mass is 10.1. The van der Waals surface area contributed by atoms with Crippen LogP contribution >= 0.6 is 0 Å². The first-order chi connectivity index (χ1) is 14.1. The Hall–Kier alpha value is -3.88. The molecule has 4 rings (SSSR count). The van der Waals surface area contributed by atoms with Crippen LogP contribution in [0, 0.1) is 10.1 Å². The molecule has 0 spiro atoms. The van der Waals surface area contributed by atoms with Crippen LogP contribution in [0.5, 0.6) is 11.5 Å². The van der Waals surface area contributed by atoms with Crippen LogP contribution < -0.4 is 14.8 Å². The molecule has 9 heteroatoms. The van der Waals surface area contributed by atoms with Crippen molar-refractivity contribution in [3.63, 3.8) is 0 Å². The molecule has 1 atom stereocenters. The molecule has 9 nitrogen and oxygen atoms in total. The monoisotopic (exact) mass is 394 g/mol. The summed E-state index contributed by atoms with van der Waals surface area (Å²) in [6.07, 6.45) is 2.90. The van der Waals surface area contributed by atoms with Crippen molar-refractivity contribution in [2.24, 2.45) is 0 Å². The number of nitro benzene ring substituents is 1. The predicted molar refractivity (Wildman–Crippen MR) is 104 cm³/mol. The van der Waals surface area contributed by atoms with Gasteiger partial charge in [0.2, 0.25) is 5.91 Å². The van der Waals surface area contributed by atoms with E-state index in [4.69, 9.17) is 9.47 Å². The average Bonchev–Trinajstić information content (AvgIpc) is 3.14. The Morgan fingerprint density at radius 1 is 1.21 bits per heavy atom. The molecule has 2 aromatic carbocycles. The largest absolute Gasteiger partial charge is 0.486 e. The standard InChI is InChI=1S/C20H18N4O5/c25-20(9-14-5-1-2-6-17(14)24(26)27)22-15-10-21-23(11-15)12-16-13-28-18-7-3-4-8-19(18)29-16/h1-8,10-11,16H,9,12-13H2,(H,22,25). The summed E-state index contributed by atoms with van der Waals surface area (Å²) >= 11 is 0. The quantitative estimate of drug-likeness (QED) is 0.509. The molecule has 1 aliphatic heterocycles. The van der Waals surface area contributed by atoms with Gasteiger partial charge in [0.05, 0.1) is 29.8 Å². The Bertz CT molecular complexity index is 1050. The van der Waals surface area contributed by atoms with E-state index in [1.165, 1.54) is 12.3 Å². The highest BCUT2D eigenvalue weighted by molar-refractivity contribution is 5.92. The van der Waals surface area contributed by atoms with E-state index in [1.807, 2.05) is 24.3 Å². The van der Waals surface area contributed by atoms with E-state index in [-0.39, 0.29) is 24.1 Å². The van der Waals surface area contributed by atoms with E-state index < -0.39 is 4.92 Å². The van der Waals surface area contributed by atoms with Crippen LogP contribution in [0.4, 0.5) is 11.4 Å². The van der Waals surface area contributed by atoms with Crippen molar-refractivity contribution in [2.45, 2.75) is 19.1 Å². The molecule has 0 bridgehead atoms. The normalized spacial score (nSPS) is 15.0. The molecule has 1 aliphatic rings. The minimum Gasteiger partial charge on any atom is -0.486 e. The molecule has 1 amide bonds. The maximum Gasteiger partial charge on any atom is 0.273 e. The zero-order valence-corrected chi connectivity index (χ0v) is 15.4. The number of fused-ring (bicyclic) bond motifs is 1. The molecule has 2 heterocycles. The number of para-hydroxylation sites is 3. The number of rotatable bonds is 6. The fourth-order valence-electron chi connectivity index (χ4n) is 3.11. The zero-order chi connectivity index (χ0) is 20.2. The minimum absolute atomic E-state index is 0.0759. The van der Waals surface area contributed by atoms with E-state index in [0.717, 1.165) is 0 Å². The van der Waals surface area contributed by atoms with Gasteiger partial charge in [0.1, 0.15) is 6.61 Å². The highest BCUT2D eigenvalue weighted by atomic mass is 16.6. The molecular formula is C20H18N4O5. The van der Waals surface area contributed by atoms with Gasteiger partial charge in [-0.2, -0.15) is 5.10 Å². The summed E-state index contributed by atoms with van der Waals surface area (Å²) in [5.74, 6) is 1.05. The van der Waals surface area contributed by atoms with Gasteiger partial charge in [-0.05, 0) is 12.1 Å². The molecule has 0 fully saturated rings. The topological polar surface area (TPSA) is 109 Å². The van der Waals surface area contributed by atoms with Gasteiger partial charge in [-0.1, -0.05) is 30.3 Å². The highest BCUT2D eigenvalue weighted by Crippen LogP contribution is 2.31. The summed E-state index contributed by atoms with van der Waals surface area (Å²) in [7, 11) is 0. The summed E-state index contributed by atoms with van der Waals surface area (Å²) in [4.78, 5) is 22.9. The van der Waals surface area contributed by atoms with Gasteiger partial charge in [-0.3, -0.25) is 19.6 Å². The Labute approximate surface area is 166 Å². The number of aromatic nitrogens is 2. The van der Waals surface area contributed by atoms with Gasteiger partial charge in [0.25, 0.3) is 5.69 Å². The van der Waals surface area contributed by atoms with Gasteiger partial charge >= 0.3 is 0 Å². The molecule has 3 aromatic rings. The van der Waals surface area contributed by atoms with Crippen molar-refractivity contribution in [1.82, 2.24) is 9.78 Å². The molecule has 0 saturated carbocycles. The van der Waals surface area contributed by atoms with Crippen molar-refractivity contribution in [2.75, 3.05) is 11.9 Å². The van der Waals surface area contributed by atoms with Crippen LogP contribution in [0.15, 0.2) is 60.9 Å². The third kappa shape index (κ3) is 4.34. The van der Waals surface area contributed by atoms with Crippen LogP contribution in [0.25, 0.3) is 0 Å². The Kier molecular flexibility index (Phi) is 5.10. The highest BCUT2D eigenvalue weighted by Gasteiger charge is 2.21. The lowest BCUT2D eigenvalue weighted by Gasteiger charge is -2.26. The maximum atomic E-state index is 12.3. The van der Waals surface area contributed by atoms with Crippen molar-refractivity contribution < 1.29 is 19.2 Å². The Morgan fingerprint density at radius 3 is 2.79 bits per heavy atom. The lowest BCUT2D eigenvalue weighted by molar-refractivity contribution is -0.385. The molecule has 29 heavy (non-hydrogen) atoms. The van der Waals surface area contributed by atoms with Gasteiger partial charge in [0, 0.05) is 17.8 Å². The van der Waals surface area contributed by atoms with Gasteiger partial charge in [-0.15, -0.1) is 0 Å². The number of hydrogen-bond acceptors (Lipinski definition) is 6.